The largest absolute Gasteiger partial charge is 0.497 e. The Labute approximate surface area is 143 Å². The SMILES string of the molecule is COc1ccc(CC(=O)N[C@@H]2[C@H]3CCO[C@H]3[C@H]2C2CCCC2)cc1. The van der Waals surface area contributed by atoms with Gasteiger partial charge in [0.25, 0.3) is 0 Å². The van der Waals surface area contributed by atoms with E-state index in [1.807, 2.05) is 24.3 Å². The van der Waals surface area contributed by atoms with Gasteiger partial charge in [0.1, 0.15) is 5.75 Å². The molecule has 1 saturated heterocycles. The molecule has 4 rings (SSSR count). The van der Waals surface area contributed by atoms with Gasteiger partial charge in [-0.05, 0) is 30.0 Å². The van der Waals surface area contributed by atoms with Crippen molar-refractivity contribution in [2.75, 3.05) is 13.7 Å². The van der Waals surface area contributed by atoms with Crippen molar-refractivity contribution >= 4 is 5.91 Å². The van der Waals surface area contributed by atoms with Crippen molar-refractivity contribution in [1.82, 2.24) is 5.32 Å². The molecule has 3 aliphatic rings. The fourth-order valence-corrected chi connectivity index (χ4v) is 5.03. The molecule has 3 fully saturated rings. The lowest BCUT2D eigenvalue weighted by Crippen LogP contribution is -2.63. The summed E-state index contributed by atoms with van der Waals surface area (Å²) in [4.78, 5) is 12.5. The molecule has 2 saturated carbocycles. The lowest BCUT2D eigenvalue weighted by molar-refractivity contribution is -0.129. The molecule has 24 heavy (non-hydrogen) atoms. The second kappa shape index (κ2) is 6.75. The average Bonchev–Trinajstić information content (AvgIpc) is 3.24. The van der Waals surface area contributed by atoms with Crippen LogP contribution in [-0.4, -0.2) is 31.8 Å². The molecule has 0 spiro atoms. The summed E-state index contributed by atoms with van der Waals surface area (Å²) in [7, 11) is 1.65. The Morgan fingerprint density at radius 2 is 1.96 bits per heavy atom. The zero-order chi connectivity index (χ0) is 16.5. The maximum absolute atomic E-state index is 12.5. The van der Waals surface area contributed by atoms with Crippen molar-refractivity contribution in [3.05, 3.63) is 29.8 Å². The van der Waals surface area contributed by atoms with E-state index in [9.17, 15) is 4.79 Å². The van der Waals surface area contributed by atoms with Crippen LogP contribution in [0.15, 0.2) is 24.3 Å². The highest BCUT2D eigenvalue weighted by Crippen LogP contribution is 2.51. The van der Waals surface area contributed by atoms with E-state index in [-0.39, 0.29) is 5.91 Å². The smallest absolute Gasteiger partial charge is 0.224 e. The predicted molar refractivity (Wildman–Crippen MR) is 91.9 cm³/mol. The van der Waals surface area contributed by atoms with Gasteiger partial charge in [0.05, 0.1) is 19.6 Å². The normalized spacial score (nSPS) is 32.2. The van der Waals surface area contributed by atoms with Crippen LogP contribution in [0.2, 0.25) is 0 Å². The first-order valence-corrected chi connectivity index (χ1v) is 9.30. The summed E-state index contributed by atoms with van der Waals surface area (Å²) in [6.45, 7) is 0.864. The number of hydrogen-bond donors (Lipinski definition) is 1. The van der Waals surface area contributed by atoms with Gasteiger partial charge in [-0.1, -0.05) is 37.8 Å². The van der Waals surface area contributed by atoms with Crippen molar-refractivity contribution in [2.45, 2.75) is 50.7 Å². The van der Waals surface area contributed by atoms with Gasteiger partial charge >= 0.3 is 0 Å². The van der Waals surface area contributed by atoms with Crippen LogP contribution in [0.5, 0.6) is 5.75 Å². The van der Waals surface area contributed by atoms with E-state index in [1.165, 1.54) is 25.7 Å². The van der Waals surface area contributed by atoms with Gasteiger partial charge in [-0.3, -0.25) is 4.79 Å². The minimum Gasteiger partial charge on any atom is -0.497 e. The molecular formula is C20H27NO3. The van der Waals surface area contributed by atoms with Crippen LogP contribution < -0.4 is 10.1 Å². The Morgan fingerprint density at radius 3 is 2.67 bits per heavy atom. The van der Waals surface area contributed by atoms with Crippen molar-refractivity contribution in [3.63, 3.8) is 0 Å². The van der Waals surface area contributed by atoms with Crippen LogP contribution in [0.3, 0.4) is 0 Å². The van der Waals surface area contributed by atoms with Crippen LogP contribution in [0.1, 0.15) is 37.7 Å². The van der Waals surface area contributed by atoms with Crippen molar-refractivity contribution in [1.29, 1.82) is 0 Å². The molecule has 0 radical (unpaired) electrons. The highest BCUT2D eigenvalue weighted by Gasteiger charge is 2.56. The van der Waals surface area contributed by atoms with Gasteiger partial charge in [0, 0.05) is 24.5 Å². The van der Waals surface area contributed by atoms with E-state index >= 15 is 0 Å². The Hall–Kier alpha value is -1.55. The number of methoxy groups -OCH3 is 1. The number of amides is 1. The fourth-order valence-electron chi connectivity index (χ4n) is 5.03. The summed E-state index contributed by atoms with van der Waals surface area (Å²) in [6, 6.07) is 8.08. The number of ether oxygens (including phenoxy) is 2. The van der Waals surface area contributed by atoms with E-state index < -0.39 is 0 Å². The first-order chi connectivity index (χ1) is 11.8. The Balaban J connectivity index is 1.38. The molecule has 0 aromatic heterocycles. The van der Waals surface area contributed by atoms with Crippen molar-refractivity contribution in [3.8, 4) is 5.75 Å². The van der Waals surface area contributed by atoms with E-state index in [1.54, 1.807) is 7.11 Å². The lowest BCUT2D eigenvalue weighted by atomic mass is 9.61. The molecule has 4 nitrogen and oxygen atoms in total. The van der Waals surface area contributed by atoms with Crippen LogP contribution in [0.25, 0.3) is 0 Å². The minimum absolute atomic E-state index is 0.138. The summed E-state index contributed by atoms with van der Waals surface area (Å²) in [5, 5.41) is 3.34. The molecular weight excluding hydrogens is 302 g/mol. The molecule has 1 heterocycles. The standard InChI is InChI=1S/C20H27NO3/c1-23-15-8-6-13(7-9-15)12-17(22)21-19-16-10-11-24-20(16)18(19)14-4-2-3-5-14/h6-9,14,16,18-20H,2-5,10-12H2,1H3,(H,21,22)/t16-,18+,19-,20-/m1/s1. The van der Waals surface area contributed by atoms with Gasteiger partial charge in [-0.15, -0.1) is 0 Å². The molecule has 0 unspecified atom stereocenters. The topological polar surface area (TPSA) is 47.6 Å². The summed E-state index contributed by atoms with van der Waals surface area (Å²) in [6.07, 6.45) is 7.23. The zero-order valence-electron chi connectivity index (χ0n) is 14.4. The Kier molecular flexibility index (Phi) is 4.49. The number of benzene rings is 1. The van der Waals surface area contributed by atoms with Crippen molar-refractivity contribution < 1.29 is 14.3 Å². The number of carbonyl (C=O) groups excluding carboxylic acids is 1. The number of nitrogens with one attached hydrogen (secondary N) is 1. The second-order valence-electron chi connectivity index (χ2n) is 7.53. The minimum atomic E-state index is 0.138. The number of carbonyl (C=O) groups is 1. The van der Waals surface area contributed by atoms with Gasteiger partial charge in [0.2, 0.25) is 5.91 Å². The molecule has 1 aromatic rings. The van der Waals surface area contributed by atoms with E-state index in [0.29, 0.717) is 30.4 Å². The maximum atomic E-state index is 12.5. The maximum Gasteiger partial charge on any atom is 0.224 e. The summed E-state index contributed by atoms with van der Waals surface area (Å²) in [5.41, 5.74) is 1.03. The highest BCUT2D eigenvalue weighted by molar-refractivity contribution is 5.79. The van der Waals surface area contributed by atoms with Crippen LogP contribution in [-0.2, 0) is 16.0 Å². The molecule has 4 heteroatoms. The molecule has 4 atom stereocenters. The Bertz CT molecular complexity index is 574. The third kappa shape index (κ3) is 2.92. The number of rotatable bonds is 5. The zero-order valence-corrected chi connectivity index (χ0v) is 14.4. The third-order valence-electron chi connectivity index (χ3n) is 6.23. The van der Waals surface area contributed by atoms with Crippen molar-refractivity contribution in [2.24, 2.45) is 17.8 Å². The summed E-state index contributed by atoms with van der Waals surface area (Å²) >= 11 is 0. The number of fused-ring (bicyclic) bond motifs is 1. The van der Waals surface area contributed by atoms with Crippen LogP contribution in [0.4, 0.5) is 0 Å². The molecule has 2 aliphatic carbocycles. The van der Waals surface area contributed by atoms with E-state index in [4.69, 9.17) is 9.47 Å². The fraction of sp³-hybridized carbons (Fsp3) is 0.650. The first-order valence-electron chi connectivity index (χ1n) is 9.30. The number of hydrogen-bond acceptors (Lipinski definition) is 3. The van der Waals surface area contributed by atoms with Gasteiger partial charge in [0.15, 0.2) is 0 Å². The van der Waals surface area contributed by atoms with E-state index in [0.717, 1.165) is 30.3 Å². The Morgan fingerprint density at radius 1 is 1.21 bits per heavy atom. The third-order valence-corrected chi connectivity index (χ3v) is 6.23. The molecule has 130 valence electrons. The van der Waals surface area contributed by atoms with Crippen LogP contribution >= 0.6 is 0 Å². The summed E-state index contributed by atoms with van der Waals surface area (Å²) in [5.74, 6) is 2.79. The quantitative estimate of drug-likeness (QED) is 0.903. The van der Waals surface area contributed by atoms with Gasteiger partial charge < -0.3 is 14.8 Å². The summed E-state index contributed by atoms with van der Waals surface area (Å²) < 4.78 is 11.1. The van der Waals surface area contributed by atoms with Gasteiger partial charge in [-0.25, -0.2) is 0 Å². The molecule has 1 aromatic carbocycles. The first kappa shape index (κ1) is 15.9. The molecule has 0 bridgehead atoms. The monoisotopic (exact) mass is 329 g/mol. The highest BCUT2D eigenvalue weighted by atomic mass is 16.5. The lowest BCUT2D eigenvalue weighted by Gasteiger charge is -2.50. The molecule has 1 amide bonds. The molecule has 1 aliphatic heterocycles. The second-order valence-corrected chi connectivity index (χ2v) is 7.53. The predicted octanol–water partition coefficient (Wildman–Crippen LogP) is 2.95. The van der Waals surface area contributed by atoms with Gasteiger partial charge in [-0.2, -0.15) is 0 Å². The molecule has 1 N–H and O–H groups in total. The average molecular weight is 329 g/mol. The van der Waals surface area contributed by atoms with Crippen LogP contribution in [0, 0.1) is 17.8 Å². The van der Waals surface area contributed by atoms with E-state index in [2.05, 4.69) is 5.32 Å².